The molecule has 0 bridgehead atoms. The van der Waals surface area contributed by atoms with Crippen LogP contribution >= 0.6 is 0 Å². The molecular weight excluding hydrogens is 212 g/mol. The number of para-hydroxylation sites is 1. The van der Waals surface area contributed by atoms with E-state index in [-0.39, 0.29) is 0 Å². The highest BCUT2D eigenvalue weighted by Gasteiger charge is 2.19. The van der Waals surface area contributed by atoms with Gasteiger partial charge in [-0.3, -0.25) is 0 Å². The monoisotopic (exact) mass is 226 g/mol. The van der Waals surface area contributed by atoms with Crippen molar-refractivity contribution in [2.75, 3.05) is 24.7 Å². The van der Waals surface area contributed by atoms with Crippen molar-refractivity contribution in [2.45, 2.75) is 10.9 Å². The lowest BCUT2D eigenvalue weighted by atomic mass is 10.1. The van der Waals surface area contributed by atoms with Gasteiger partial charge in [-0.2, -0.15) is 0 Å². The molecule has 0 unspecified atom stereocenters. The molecule has 0 amide bonds. The lowest BCUT2D eigenvalue weighted by Crippen LogP contribution is -2.51. The molecule has 5 heteroatoms. The fraction of sp³-hybridized carbons (Fsp3) is 0.400. The summed E-state index contributed by atoms with van der Waals surface area (Å²) in [6.45, 7) is 1.77. The van der Waals surface area contributed by atoms with Gasteiger partial charge in [0.15, 0.2) is 9.84 Å². The molecule has 0 aromatic heterocycles. The summed E-state index contributed by atoms with van der Waals surface area (Å²) in [4.78, 5) is 0.372. The third kappa shape index (κ3) is 2.30. The molecule has 1 aromatic carbocycles. The van der Waals surface area contributed by atoms with E-state index >= 15 is 0 Å². The van der Waals surface area contributed by atoms with Gasteiger partial charge < -0.3 is 10.6 Å². The van der Waals surface area contributed by atoms with Gasteiger partial charge in [0.1, 0.15) is 0 Å². The zero-order valence-electron chi connectivity index (χ0n) is 8.53. The Labute approximate surface area is 89.6 Å². The zero-order chi connectivity index (χ0) is 10.9. The fourth-order valence-corrected chi connectivity index (χ4v) is 2.37. The van der Waals surface area contributed by atoms with E-state index in [2.05, 4.69) is 10.6 Å². The third-order valence-corrected chi connectivity index (χ3v) is 3.58. The van der Waals surface area contributed by atoms with Crippen LogP contribution in [0.4, 0.5) is 5.69 Å². The number of nitrogens with one attached hydrogen (secondary N) is 2. The number of rotatable bonds is 3. The standard InChI is InChI=1S/C10H14N2O2S/c1-15(13,14)10-5-3-2-4-9(10)12-8-6-11-7-8/h2-5,8,11-12H,6-7H2,1H3. The summed E-state index contributed by atoms with van der Waals surface area (Å²) in [5.74, 6) is 0. The second kappa shape index (κ2) is 3.83. The molecule has 1 saturated heterocycles. The highest BCUT2D eigenvalue weighted by Crippen LogP contribution is 2.21. The van der Waals surface area contributed by atoms with Gasteiger partial charge in [-0.15, -0.1) is 0 Å². The molecule has 2 rings (SSSR count). The number of anilines is 1. The van der Waals surface area contributed by atoms with Gasteiger partial charge in [-0.05, 0) is 12.1 Å². The molecule has 15 heavy (non-hydrogen) atoms. The molecule has 1 fully saturated rings. The van der Waals surface area contributed by atoms with E-state index in [0.29, 0.717) is 16.6 Å². The molecule has 2 N–H and O–H groups in total. The Bertz CT molecular complexity index is 452. The first kappa shape index (κ1) is 10.4. The van der Waals surface area contributed by atoms with E-state index < -0.39 is 9.84 Å². The van der Waals surface area contributed by atoms with Crippen LogP contribution in [-0.2, 0) is 9.84 Å². The van der Waals surface area contributed by atoms with Crippen molar-refractivity contribution in [2.24, 2.45) is 0 Å². The van der Waals surface area contributed by atoms with Crippen molar-refractivity contribution >= 4 is 15.5 Å². The van der Waals surface area contributed by atoms with Gasteiger partial charge in [0.05, 0.1) is 16.6 Å². The molecule has 0 atom stereocenters. The molecule has 1 aliphatic rings. The van der Waals surface area contributed by atoms with Crippen molar-refractivity contribution in [3.8, 4) is 0 Å². The predicted octanol–water partition coefficient (Wildman–Crippen LogP) is 0.474. The molecule has 1 aromatic rings. The maximum absolute atomic E-state index is 11.5. The molecule has 0 spiro atoms. The Hall–Kier alpha value is -1.07. The summed E-state index contributed by atoms with van der Waals surface area (Å²) in [7, 11) is -3.15. The number of sulfone groups is 1. The third-order valence-electron chi connectivity index (χ3n) is 2.43. The quantitative estimate of drug-likeness (QED) is 0.787. The van der Waals surface area contributed by atoms with Gasteiger partial charge in [0.25, 0.3) is 0 Å². The summed E-state index contributed by atoms with van der Waals surface area (Å²) >= 11 is 0. The van der Waals surface area contributed by atoms with Crippen LogP contribution in [0, 0.1) is 0 Å². The van der Waals surface area contributed by atoms with E-state index in [1.807, 2.05) is 6.07 Å². The van der Waals surface area contributed by atoms with Crippen molar-refractivity contribution in [3.63, 3.8) is 0 Å². The van der Waals surface area contributed by atoms with Crippen molar-refractivity contribution in [1.82, 2.24) is 5.32 Å². The Morgan fingerprint density at radius 1 is 1.33 bits per heavy atom. The van der Waals surface area contributed by atoms with Crippen molar-refractivity contribution < 1.29 is 8.42 Å². The topological polar surface area (TPSA) is 58.2 Å². The van der Waals surface area contributed by atoms with Gasteiger partial charge in [0.2, 0.25) is 0 Å². The maximum atomic E-state index is 11.5. The summed E-state index contributed by atoms with van der Waals surface area (Å²) in [5.41, 5.74) is 0.700. The molecule has 4 nitrogen and oxygen atoms in total. The molecular formula is C10H14N2O2S. The van der Waals surface area contributed by atoms with Gasteiger partial charge in [-0.1, -0.05) is 12.1 Å². The normalized spacial score (nSPS) is 17.1. The van der Waals surface area contributed by atoms with E-state index in [0.717, 1.165) is 13.1 Å². The Balaban J connectivity index is 2.29. The highest BCUT2D eigenvalue weighted by molar-refractivity contribution is 7.90. The predicted molar refractivity (Wildman–Crippen MR) is 59.8 cm³/mol. The Morgan fingerprint density at radius 3 is 2.53 bits per heavy atom. The van der Waals surface area contributed by atoms with Gasteiger partial charge >= 0.3 is 0 Å². The molecule has 1 aliphatic heterocycles. The number of hydrogen-bond donors (Lipinski definition) is 2. The second-order valence-electron chi connectivity index (χ2n) is 3.77. The average molecular weight is 226 g/mol. The first-order valence-electron chi connectivity index (χ1n) is 4.84. The number of benzene rings is 1. The molecule has 1 heterocycles. The first-order valence-corrected chi connectivity index (χ1v) is 6.73. The minimum Gasteiger partial charge on any atom is -0.379 e. The summed E-state index contributed by atoms with van der Waals surface area (Å²) in [6, 6.07) is 7.34. The fourth-order valence-electron chi connectivity index (χ4n) is 1.52. The van der Waals surface area contributed by atoms with Crippen LogP contribution in [0.15, 0.2) is 29.2 Å². The van der Waals surface area contributed by atoms with Gasteiger partial charge in [0, 0.05) is 19.3 Å². The SMILES string of the molecule is CS(=O)(=O)c1ccccc1NC1CNC1. The molecule has 82 valence electrons. The maximum Gasteiger partial charge on any atom is 0.177 e. The van der Waals surface area contributed by atoms with E-state index in [4.69, 9.17) is 0 Å². The number of hydrogen-bond acceptors (Lipinski definition) is 4. The minimum absolute atomic E-state index is 0.341. The van der Waals surface area contributed by atoms with E-state index in [1.165, 1.54) is 6.26 Å². The smallest absolute Gasteiger partial charge is 0.177 e. The summed E-state index contributed by atoms with van der Waals surface area (Å²) in [5, 5.41) is 6.34. The Morgan fingerprint density at radius 2 is 2.00 bits per heavy atom. The lowest BCUT2D eigenvalue weighted by Gasteiger charge is -2.29. The van der Waals surface area contributed by atoms with Crippen LogP contribution in [-0.4, -0.2) is 33.8 Å². The van der Waals surface area contributed by atoms with E-state index in [9.17, 15) is 8.42 Å². The summed E-state index contributed by atoms with van der Waals surface area (Å²) in [6.07, 6.45) is 1.23. The van der Waals surface area contributed by atoms with Gasteiger partial charge in [-0.25, -0.2) is 8.42 Å². The first-order chi connectivity index (χ1) is 7.07. The second-order valence-corrected chi connectivity index (χ2v) is 5.75. The van der Waals surface area contributed by atoms with Crippen LogP contribution < -0.4 is 10.6 Å². The van der Waals surface area contributed by atoms with Crippen LogP contribution in [0.1, 0.15) is 0 Å². The average Bonchev–Trinajstić information content (AvgIpc) is 2.10. The molecule has 0 saturated carbocycles. The lowest BCUT2D eigenvalue weighted by molar-refractivity contribution is 0.471. The van der Waals surface area contributed by atoms with Crippen LogP contribution in [0.25, 0.3) is 0 Å². The van der Waals surface area contributed by atoms with E-state index in [1.54, 1.807) is 18.2 Å². The van der Waals surface area contributed by atoms with Crippen LogP contribution in [0.2, 0.25) is 0 Å². The van der Waals surface area contributed by atoms with Crippen molar-refractivity contribution in [1.29, 1.82) is 0 Å². The minimum atomic E-state index is -3.15. The zero-order valence-corrected chi connectivity index (χ0v) is 9.34. The van der Waals surface area contributed by atoms with Crippen LogP contribution in [0.3, 0.4) is 0 Å². The van der Waals surface area contributed by atoms with Crippen molar-refractivity contribution in [3.05, 3.63) is 24.3 Å². The summed E-state index contributed by atoms with van der Waals surface area (Å²) < 4.78 is 23.0. The molecule has 0 aliphatic carbocycles. The highest BCUT2D eigenvalue weighted by atomic mass is 32.2. The van der Waals surface area contributed by atoms with Crippen LogP contribution in [0.5, 0.6) is 0 Å². The molecule has 0 radical (unpaired) electrons. The largest absolute Gasteiger partial charge is 0.379 e. The Kier molecular flexibility index (Phi) is 2.67.